The van der Waals surface area contributed by atoms with Crippen LogP contribution in [0.25, 0.3) is 0 Å². The Morgan fingerprint density at radius 3 is 3.00 bits per heavy atom. The molecule has 1 saturated carbocycles. The molecule has 0 spiro atoms. The molecule has 0 aliphatic heterocycles. The molecule has 1 aromatic heterocycles. The average molecular weight is 166 g/mol. The van der Waals surface area contributed by atoms with Gasteiger partial charge >= 0.3 is 0 Å². The van der Waals surface area contributed by atoms with E-state index in [1.165, 1.54) is 6.92 Å². The SMILES string of the molecule is CC(=O)Cc1nc(C2CC2)no1. The van der Waals surface area contributed by atoms with Crippen molar-refractivity contribution in [1.82, 2.24) is 10.1 Å². The molecule has 0 amide bonds. The van der Waals surface area contributed by atoms with Gasteiger partial charge < -0.3 is 4.52 Å². The van der Waals surface area contributed by atoms with Gasteiger partial charge in [-0.1, -0.05) is 5.16 Å². The molecule has 0 atom stereocenters. The number of carbonyl (C=O) groups excluding carboxylic acids is 1. The van der Waals surface area contributed by atoms with Crippen LogP contribution in [-0.2, 0) is 11.2 Å². The summed E-state index contributed by atoms with van der Waals surface area (Å²) < 4.78 is 4.89. The van der Waals surface area contributed by atoms with E-state index in [2.05, 4.69) is 10.1 Å². The van der Waals surface area contributed by atoms with Crippen molar-refractivity contribution in [2.24, 2.45) is 0 Å². The molecule has 0 N–H and O–H groups in total. The lowest BCUT2D eigenvalue weighted by Crippen LogP contribution is -1.96. The van der Waals surface area contributed by atoms with Crippen LogP contribution in [0.15, 0.2) is 4.52 Å². The van der Waals surface area contributed by atoms with Gasteiger partial charge in [-0.15, -0.1) is 0 Å². The smallest absolute Gasteiger partial charge is 0.234 e. The van der Waals surface area contributed by atoms with Crippen molar-refractivity contribution in [2.45, 2.75) is 32.1 Å². The molecule has 0 unspecified atom stereocenters. The summed E-state index contributed by atoms with van der Waals surface area (Å²) in [6.45, 7) is 1.51. The summed E-state index contributed by atoms with van der Waals surface area (Å²) in [4.78, 5) is 14.8. The molecule has 0 saturated heterocycles. The van der Waals surface area contributed by atoms with Crippen LogP contribution in [-0.4, -0.2) is 15.9 Å². The average Bonchev–Trinajstić information content (AvgIpc) is 2.73. The Kier molecular flexibility index (Phi) is 1.67. The topological polar surface area (TPSA) is 56.0 Å². The summed E-state index contributed by atoms with van der Waals surface area (Å²) in [5.41, 5.74) is 0. The second kappa shape index (κ2) is 2.69. The van der Waals surface area contributed by atoms with E-state index in [9.17, 15) is 4.79 Å². The van der Waals surface area contributed by atoms with E-state index in [0.717, 1.165) is 18.7 Å². The maximum atomic E-state index is 10.7. The fourth-order valence-electron chi connectivity index (χ4n) is 1.06. The van der Waals surface area contributed by atoms with E-state index in [1.54, 1.807) is 0 Å². The van der Waals surface area contributed by atoms with Crippen molar-refractivity contribution in [2.75, 3.05) is 0 Å². The standard InChI is InChI=1S/C8H10N2O2/c1-5(11)4-7-9-8(10-12-7)6-2-3-6/h6H,2-4H2,1H3. The highest BCUT2D eigenvalue weighted by atomic mass is 16.5. The first-order chi connectivity index (χ1) is 5.75. The lowest BCUT2D eigenvalue weighted by molar-refractivity contribution is -0.116. The summed E-state index contributed by atoms with van der Waals surface area (Å²) in [7, 11) is 0. The van der Waals surface area contributed by atoms with E-state index in [0.29, 0.717) is 11.8 Å². The van der Waals surface area contributed by atoms with Crippen LogP contribution < -0.4 is 0 Å². The Hall–Kier alpha value is -1.19. The summed E-state index contributed by atoms with van der Waals surface area (Å²) in [6, 6.07) is 0. The van der Waals surface area contributed by atoms with Crippen molar-refractivity contribution < 1.29 is 9.32 Å². The highest BCUT2D eigenvalue weighted by Gasteiger charge is 2.28. The molecular weight excluding hydrogens is 156 g/mol. The maximum absolute atomic E-state index is 10.7. The van der Waals surface area contributed by atoms with Crippen LogP contribution in [0, 0.1) is 0 Å². The minimum absolute atomic E-state index is 0.0565. The number of carbonyl (C=O) groups is 1. The van der Waals surface area contributed by atoms with Crippen LogP contribution in [0.2, 0.25) is 0 Å². The third kappa shape index (κ3) is 1.52. The van der Waals surface area contributed by atoms with E-state index in [1.807, 2.05) is 0 Å². The van der Waals surface area contributed by atoms with Crippen molar-refractivity contribution >= 4 is 5.78 Å². The fourth-order valence-corrected chi connectivity index (χ4v) is 1.06. The van der Waals surface area contributed by atoms with Gasteiger partial charge in [-0.05, 0) is 19.8 Å². The van der Waals surface area contributed by atoms with Crippen molar-refractivity contribution in [3.05, 3.63) is 11.7 Å². The van der Waals surface area contributed by atoms with E-state index < -0.39 is 0 Å². The molecule has 4 heteroatoms. The van der Waals surface area contributed by atoms with E-state index in [-0.39, 0.29) is 12.2 Å². The predicted octanol–water partition coefficient (Wildman–Crippen LogP) is 1.08. The van der Waals surface area contributed by atoms with Crippen LogP contribution in [0.5, 0.6) is 0 Å². The molecule has 1 aromatic rings. The van der Waals surface area contributed by atoms with Gasteiger partial charge in [0, 0.05) is 5.92 Å². The Morgan fingerprint density at radius 2 is 2.42 bits per heavy atom. The molecule has 2 rings (SSSR count). The van der Waals surface area contributed by atoms with Crippen molar-refractivity contribution in [3.63, 3.8) is 0 Å². The van der Waals surface area contributed by atoms with E-state index >= 15 is 0 Å². The zero-order valence-electron chi connectivity index (χ0n) is 6.91. The maximum Gasteiger partial charge on any atom is 0.234 e. The summed E-state index contributed by atoms with van der Waals surface area (Å²) in [5.74, 6) is 1.77. The van der Waals surface area contributed by atoms with Crippen LogP contribution in [0.1, 0.15) is 37.4 Å². The second-order valence-corrected chi connectivity index (χ2v) is 3.20. The molecule has 1 aliphatic carbocycles. The predicted molar refractivity (Wildman–Crippen MR) is 40.7 cm³/mol. The third-order valence-electron chi connectivity index (χ3n) is 1.83. The molecule has 0 radical (unpaired) electrons. The summed E-state index contributed by atoms with van der Waals surface area (Å²) in [6.07, 6.45) is 2.57. The zero-order valence-corrected chi connectivity index (χ0v) is 6.91. The Labute approximate surface area is 70.0 Å². The van der Waals surface area contributed by atoms with E-state index in [4.69, 9.17) is 4.52 Å². The molecule has 4 nitrogen and oxygen atoms in total. The quantitative estimate of drug-likeness (QED) is 0.674. The minimum Gasteiger partial charge on any atom is -0.339 e. The number of nitrogens with zero attached hydrogens (tertiary/aromatic N) is 2. The van der Waals surface area contributed by atoms with Gasteiger partial charge in [0.2, 0.25) is 5.89 Å². The lowest BCUT2D eigenvalue weighted by atomic mass is 10.3. The number of hydrogen-bond donors (Lipinski definition) is 0. The molecule has 1 heterocycles. The van der Waals surface area contributed by atoms with Gasteiger partial charge in [0.25, 0.3) is 0 Å². The van der Waals surface area contributed by atoms with Crippen LogP contribution in [0.4, 0.5) is 0 Å². The van der Waals surface area contributed by atoms with Gasteiger partial charge in [0.05, 0.1) is 6.42 Å². The molecule has 1 fully saturated rings. The van der Waals surface area contributed by atoms with Gasteiger partial charge in [-0.3, -0.25) is 4.79 Å². The number of aromatic nitrogens is 2. The molecule has 0 bridgehead atoms. The van der Waals surface area contributed by atoms with Crippen LogP contribution in [0.3, 0.4) is 0 Å². The van der Waals surface area contributed by atoms with Crippen molar-refractivity contribution in [1.29, 1.82) is 0 Å². The Balaban J connectivity index is 2.07. The summed E-state index contributed by atoms with van der Waals surface area (Å²) in [5, 5.41) is 3.79. The fraction of sp³-hybridized carbons (Fsp3) is 0.625. The normalized spacial score (nSPS) is 16.4. The monoisotopic (exact) mass is 166 g/mol. The van der Waals surface area contributed by atoms with Crippen molar-refractivity contribution in [3.8, 4) is 0 Å². The van der Waals surface area contributed by atoms with Gasteiger partial charge in [-0.25, -0.2) is 0 Å². The first-order valence-corrected chi connectivity index (χ1v) is 4.07. The minimum atomic E-state index is 0.0565. The third-order valence-corrected chi connectivity index (χ3v) is 1.83. The highest BCUT2D eigenvalue weighted by molar-refractivity contribution is 5.77. The molecule has 1 aliphatic rings. The molecule has 64 valence electrons. The van der Waals surface area contributed by atoms with Gasteiger partial charge in [0.1, 0.15) is 5.78 Å². The number of rotatable bonds is 3. The summed E-state index contributed by atoms with van der Waals surface area (Å²) >= 11 is 0. The first-order valence-electron chi connectivity index (χ1n) is 4.07. The molecule has 0 aromatic carbocycles. The van der Waals surface area contributed by atoms with Gasteiger partial charge in [0.15, 0.2) is 5.82 Å². The first kappa shape index (κ1) is 7.46. The van der Waals surface area contributed by atoms with Gasteiger partial charge in [-0.2, -0.15) is 4.98 Å². The zero-order chi connectivity index (χ0) is 8.55. The van der Waals surface area contributed by atoms with Crippen LogP contribution >= 0.6 is 0 Å². The number of hydrogen-bond acceptors (Lipinski definition) is 4. The Morgan fingerprint density at radius 1 is 1.67 bits per heavy atom. The molecular formula is C8H10N2O2. The number of ketones is 1. The Bertz CT molecular complexity index is 302. The second-order valence-electron chi connectivity index (χ2n) is 3.20. The number of Topliss-reactive ketones (excluding diaryl/α,β-unsaturated/α-hetero) is 1. The molecule has 12 heavy (non-hydrogen) atoms. The highest BCUT2D eigenvalue weighted by Crippen LogP contribution is 2.38. The largest absolute Gasteiger partial charge is 0.339 e. The lowest BCUT2D eigenvalue weighted by Gasteiger charge is -1.83.